The first-order valence-electron chi connectivity index (χ1n) is 3.75. The molecule has 0 aliphatic carbocycles. The maximum atomic E-state index is 5.17. The molecule has 0 unspecified atom stereocenters. The van der Waals surface area contributed by atoms with Crippen LogP contribution >= 0.6 is 0 Å². The molecule has 10 heavy (non-hydrogen) atoms. The molecule has 0 saturated carbocycles. The third kappa shape index (κ3) is 7.43. The lowest BCUT2D eigenvalue weighted by Gasteiger charge is -1.92. The van der Waals surface area contributed by atoms with Gasteiger partial charge in [-0.3, -0.25) is 0 Å². The molecule has 0 rings (SSSR count). The van der Waals surface area contributed by atoms with Crippen LogP contribution in [0.1, 0.15) is 26.2 Å². The normalized spacial score (nSPS) is 10.6. The lowest BCUT2D eigenvalue weighted by Crippen LogP contribution is -2.05. The Balaban J connectivity index is 2.89. The minimum atomic E-state index is 0.516. The van der Waals surface area contributed by atoms with Crippen molar-refractivity contribution < 1.29 is 4.84 Å². The highest BCUT2D eigenvalue weighted by atomic mass is 16.6. The molecule has 0 radical (unpaired) electrons. The van der Waals surface area contributed by atoms with Crippen molar-refractivity contribution in [2.75, 3.05) is 13.2 Å². The fourth-order valence-corrected chi connectivity index (χ4v) is 0.506. The van der Waals surface area contributed by atoms with Crippen LogP contribution in [0.25, 0.3) is 0 Å². The zero-order valence-corrected chi connectivity index (χ0v) is 6.55. The van der Waals surface area contributed by atoms with E-state index in [1.54, 1.807) is 6.21 Å². The van der Waals surface area contributed by atoms with Crippen molar-refractivity contribution in [1.82, 2.24) is 0 Å². The second-order valence-corrected chi connectivity index (χ2v) is 2.05. The number of hydrogen-bond donors (Lipinski definition) is 1. The van der Waals surface area contributed by atoms with E-state index in [4.69, 9.17) is 10.6 Å². The van der Waals surface area contributed by atoms with Gasteiger partial charge in [0.1, 0.15) is 6.61 Å². The third-order valence-corrected chi connectivity index (χ3v) is 1.04. The molecule has 3 heteroatoms. The Hall–Kier alpha value is -0.570. The van der Waals surface area contributed by atoms with E-state index in [2.05, 4.69) is 12.1 Å². The van der Waals surface area contributed by atoms with Crippen molar-refractivity contribution in [3.8, 4) is 0 Å². The largest absolute Gasteiger partial charge is 0.395 e. The Kier molecular flexibility index (Phi) is 7.95. The summed E-state index contributed by atoms with van der Waals surface area (Å²) in [6, 6.07) is 0. The van der Waals surface area contributed by atoms with Gasteiger partial charge in [0, 0.05) is 12.8 Å². The summed E-state index contributed by atoms with van der Waals surface area (Å²) >= 11 is 0. The van der Waals surface area contributed by atoms with Crippen LogP contribution in [0.15, 0.2) is 5.16 Å². The summed E-state index contributed by atoms with van der Waals surface area (Å²) < 4.78 is 0. The first-order valence-corrected chi connectivity index (χ1v) is 3.75. The van der Waals surface area contributed by atoms with Gasteiger partial charge < -0.3 is 10.6 Å². The average Bonchev–Trinajstić information content (AvgIpc) is 1.97. The Labute approximate surface area is 62.2 Å². The van der Waals surface area contributed by atoms with Gasteiger partial charge in [-0.25, -0.2) is 0 Å². The van der Waals surface area contributed by atoms with E-state index in [0.29, 0.717) is 13.2 Å². The summed E-state index contributed by atoms with van der Waals surface area (Å²) in [5, 5.41) is 3.69. The highest BCUT2D eigenvalue weighted by Crippen LogP contribution is 1.89. The lowest BCUT2D eigenvalue weighted by atomic mass is 10.3. The fourth-order valence-electron chi connectivity index (χ4n) is 0.506. The monoisotopic (exact) mass is 144 g/mol. The molecular formula is C7H16N2O. The van der Waals surface area contributed by atoms with E-state index in [9.17, 15) is 0 Å². The molecule has 0 bridgehead atoms. The number of nitrogens with zero attached hydrogens (tertiary/aromatic N) is 1. The van der Waals surface area contributed by atoms with Gasteiger partial charge in [-0.05, 0) is 12.8 Å². The molecule has 60 valence electrons. The molecule has 0 aromatic carbocycles. The molecule has 0 amide bonds. The van der Waals surface area contributed by atoms with E-state index >= 15 is 0 Å². The second kappa shape index (κ2) is 8.43. The smallest absolute Gasteiger partial charge is 0.129 e. The van der Waals surface area contributed by atoms with Crippen LogP contribution in [-0.2, 0) is 4.84 Å². The molecular weight excluding hydrogens is 128 g/mol. The van der Waals surface area contributed by atoms with Gasteiger partial charge in [0.2, 0.25) is 0 Å². The Morgan fingerprint density at radius 1 is 1.60 bits per heavy atom. The predicted octanol–water partition coefficient (Wildman–Crippen LogP) is 1.14. The van der Waals surface area contributed by atoms with Crippen molar-refractivity contribution in [3.63, 3.8) is 0 Å². The molecule has 0 saturated heterocycles. The molecule has 0 heterocycles. The Morgan fingerprint density at radius 3 is 3.00 bits per heavy atom. The molecule has 2 N–H and O–H groups in total. The molecule has 0 spiro atoms. The quantitative estimate of drug-likeness (QED) is 0.345. The van der Waals surface area contributed by atoms with Gasteiger partial charge >= 0.3 is 0 Å². The number of unbranched alkanes of at least 4 members (excludes halogenated alkanes) is 2. The van der Waals surface area contributed by atoms with Crippen LogP contribution in [0.5, 0.6) is 0 Å². The van der Waals surface area contributed by atoms with Crippen molar-refractivity contribution >= 4 is 6.21 Å². The first kappa shape index (κ1) is 9.43. The van der Waals surface area contributed by atoms with Gasteiger partial charge in [0.05, 0.1) is 0 Å². The van der Waals surface area contributed by atoms with Gasteiger partial charge in [0.15, 0.2) is 0 Å². The van der Waals surface area contributed by atoms with Gasteiger partial charge in [-0.15, -0.1) is 0 Å². The molecule has 3 nitrogen and oxygen atoms in total. The lowest BCUT2D eigenvalue weighted by molar-refractivity contribution is 0.153. The van der Waals surface area contributed by atoms with Crippen LogP contribution in [0, 0.1) is 0 Å². The molecule has 0 aliphatic heterocycles. The predicted molar refractivity (Wildman–Crippen MR) is 43.0 cm³/mol. The number of rotatable bonds is 6. The molecule has 0 aromatic heterocycles. The van der Waals surface area contributed by atoms with Crippen molar-refractivity contribution in [2.24, 2.45) is 10.9 Å². The van der Waals surface area contributed by atoms with Crippen LogP contribution in [0.4, 0.5) is 0 Å². The van der Waals surface area contributed by atoms with Crippen LogP contribution in [0.2, 0.25) is 0 Å². The van der Waals surface area contributed by atoms with Crippen LogP contribution in [0.3, 0.4) is 0 Å². The van der Waals surface area contributed by atoms with Gasteiger partial charge in [-0.1, -0.05) is 18.5 Å². The molecule has 0 aromatic rings. The number of hydrogen-bond acceptors (Lipinski definition) is 3. The minimum absolute atomic E-state index is 0.516. The maximum absolute atomic E-state index is 5.17. The summed E-state index contributed by atoms with van der Waals surface area (Å²) in [6.07, 6.45) is 5.17. The van der Waals surface area contributed by atoms with Crippen LogP contribution in [-0.4, -0.2) is 19.4 Å². The number of nitrogens with two attached hydrogens (primary N) is 1. The zero-order valence-electron chi connectivity index (χ0n) is 6.55. The van der Waals surface area contributed by atoms with E-state index in [1.807, 2.05) is 0 Å². The van der Waals surface area contributed by atoms with E-state index in [1.165, 1.54) is 12.8 Å². The van der Waals surface area contributed by atoms with Crippen molar-refractivity contribution in [2.45, 2.75) is 26.2 Å². The summed E-state index contributed by atoms with van der Waals surface area (Å²) in [7, 11) is 0. The minimum Gasteiger partial charge on any atom is -0.395 e. The SMILES string of the molecule is CCCCC=NOCCN. The van der Waals surface area contributed by atoms with Gasteiger partial charge in [0.25, 0.3) is 0 Å². The molecule has 0 fully saturated rings. The average molecular weight is 144 g/mol. The highest BCUT2D eigenvalue weighted by Gasteiger charge is 1.79. The number of oxime groups is 1. The summed E-state index contributed by atoms with van der Waals surface area (Å²) in [4.78, 5) is 4.77. The second-order valence-electron chi connectivity index (χ2n) is 2.05. The van der Waals surface area contributed by atoms with E-state index < -0.39 is 0 Å². The van der Waals surface area contributed by atoms with E-state index in [-0.39, 0.29) is 0 Å². The summed E-state index contributed by atoms with van der Waals surface area (Å²) in [5.74, 6) is 0. The zero-order chi connectivity index (χ0) is 7.66. The van der Waals surface area contributed by atoms with Gasteiger partial charge in [-0.2, -0.15) is 0 Å². The summed E-state index contributed by atoms with van der Waals surface area (Å²) in [6.45, 7) is 3.20. The fraction of sp³-hybridized carbons (Fsp3) is 0.857. The standard InChI is InChI=1S/C7H16N2O/c1-2-3-4-6-9-10-7-5-8/h6H,2-5,7-8H2,1H3. The third-order valence-electron chi connectivity index (χ3n) is 1.04. The Morgan fingerprint density at radius 2 is 2.40 bits per heavy atom. The molecule has 0 atom stereocenters. The van der Waals surface area contributed by atoms with Crippen molar-refractivity contribution in [3.05, 3.63) is 0 Å². The highest BCUT2D eigenvalue weighted by molar-refractivity contribution is 5.55. The van der Waals surface area contributed by atoms with Crippen molar-refractivity contribution in [1.29, 1.82) is 0 Å². The van der Waals surface area contributed by atoms with E-state index in [0.717, 1.165) is 6.42 Å². The molecule has 0 aliphatic rings. The Bertz CT molecular complexity index is 73.7. The maximum Gasteiger partial charge on any atom is 0.129 e. The summed E-state index contributed by atoms with van der Waals surface area (Å²) in [5.41, 5.74) is 5.17. The van der Waals surface area contributed by atoms with Crippen LogP contribution < -0.4 is 5.73 Å². The topological polar surface area (TPSA) is 47.6 Å². The first-order chi connectivity index (χ1) is 4.91.